The lowest BCUT2D eigenvalue weighted by atomic mass is 9.94. The topological polar surface area (TPSA) is 133 Å². The van der Waals surface area contributed by atoms with Crippen molar-refractivity contribution in [2.24, 2.45) is 11.8 Å². The molecule has 2 fully saturated rings. The predicted molar refractivity (Wildman–Crippen MR) is 144 cm³/mol. The molecule has 3 aromatic heterocycles. The number of rotatable bonds is 7. The number of carbonyl (C=O) groups is 2. The second-order valence-corrected chi connectivity index (χ2v) is 10.9. The summed E-state index contributed by atoms with van der Waals surface area (Å²) in [4.78, 5) is 33.4. The van der Waals surface area contributed by atoms with Gasteiger partial charge < -0.3 is 29.5 Å². The number of fused-ring (bicyclic) bond motifs is 4. The van der Waals surface area contributed by atoms with Crippen molar-refractivity contribution in [1.82, 2.24) is 19.9 Å². The molecule has 0 spiro atoms. The minimum atomic E-state index is -1.15. The van der Waals surface area contributed by atoms with E-state index >= 15 is 0 Å². The van der Waals surface area contributed by atoms with Gasteiger partial charge in [0.25, 0.3) is 5.91 Å². The van der Waals surface area contributed by atoms with Crippen LogP contribution in [-0.4, -0.2) is 42.7 Å². The molecule has 9 nitrogen and oxygen atoms in total. The van der Waals surface area contributed by atoms with Crippen molar-refractivity contribution in [3.05, 3.63) is 72.3 Å². The molecule has 2 bridgehead atoms. The number of nitrogens with one attached hydrogen (secondary N) is 2. The lowest BCUT2D eigenvalue weighted by molar-refractivity contribution is -0.139. The van der Waals surface area contributed by atoms with Gasteiger partial charge in [-0.15, -0.1) is 0 Å². The fraction of sp³-hybridized carbons (Fsp3) is 0.300. The average Bonchev–Trinajstić information content (AvgIpc) is 3.75. The van der Waals surface area contributed by atoms with Gasteiger partial charge in [0.15, 0.2) is 0 Å². The molecule has 39 heavy (non-hydrogen) atoms. The SMILES string of the molecule is O=C(N[C@@H](Cc1c[nH]c2ccc(O)cc12)C(=O)O)c1ccc2c(c1)nc(-c1ccoc1)n2[C@@H]1CC2CCC1C2. The van der Waals surface area contributed by atoms with Gasteiger partial charge in [-0.2, -0.15) is 0 Å². The first-order valence-corrected chi connectivity index (χ1v) is 13.3. The molecule has 2 unspecified atom stereocenters. The van der Waals surface area contributed by atoms with Crippen LogP contribution < -0.4 is 5.32 Å². The number of furan rings is 1. The number of carboxylic acid groups (broad SMARTS) is 1. The average molecular weight is 525 g/mol. The monoisotopic (exact) mass is 524 g/mol. The van der Waals surface area contributed by atoms with Gasteiger partial charge in [0.05, 0.1) is 22.9 Å². The number of aliphatic carboxylic acids is 1. The van der Waals surface area contributed by atoms with Crippen LogP contribution in [0.15, 0.2) is 65.6 Å². The number of phenolic OH excluding ortho intramolecular Hbond substituents is 1. The molecule has 7 rings (SSSR count). The summed E-state index contributed by atoms with van der Waals surface area (Å²) in [5.41, 5.74) is 4.38. The van der Waals surface area contributed by atoms with Gasteiger partial charge in [0.1, 0.15) is 23.9 Å². The van der Waals surface area contributed by atoms with E-state index in [1.54, 1.807) is 49.1 Å². The number of amides is 1. The first kappa shape index (κ1) is 23.6. The number of aromatic nitrogens is 3. The molecule has 5 aromatic rings. The van der Waals surface area contributed by atoms with Crippen LogP contribution in [0.4, 0.5) is 0 Å². The Morgan fingerprint density at radius 2 is 2.05 bits per heavy atom. The van der Waals surface area contributed by atoms with Crippen molar-refractivity contribution in [3.8, 4) is 17.1 Å². The Morgan fingerprint density at radius 3 is 2.79 bits per heavy atom. The molecule has 1 amide bonds. The van der Waals surface area contributed by atoms with Crippen LogP contribution in [0.1, 0.15) is 47.6 Å². The van der Waals surface area contributed by atoms with Crippen LogP contribution in [0.5, 0.6) is 5.75 Å². The van der Waals surface area contributed by atoms with E-state index in [-0.39, 0.29) is 12.2 Å². The number of nitrogens with zero attached hydrogens (tertiary/aromatic N) is 2. The maximum Gasteiger partial charge on any atom is 0.326 e. The van der Waals surface area contributed by atoms with E-state index in [2.05, 4.69) is 14.9 Å². The van der Waals surface area contributed by atoms with E-state index in [1.807, 2.05) is 12.1 Å². The second kappa shape index (κ2) is 9.04. The molecule has 4 N–H and O–H groups in total. The number of hydrogen-bond acceptors (Lipinski definition) is 5. The highest BCUT2D eigenvalue weighted by molar-refractivity contribution is 6.00. The Hall–Kier alpha value is -4.53. The van der Waals surface area contributed by atoms with E-state index in [4.69, 9.17) is 9.40 Å². The van der Waals surface area contributed by atoms with Crippen LogP contribution >= 0.6 is 0 Å². The Balaban J connectivity index is 1.19. The summed E-state index contributed by atoms with van der Waals surface area (Å²) in [6.07, 6.45) is 10.0. The van der Waals surface area contributed by atoms with Crippen molar-refractivity contribution in [1.29, 1.82) is 0 Å². The lowest BCUT2D eigenvalue weighted by Crippen LogP contribution is -2.42. The zero-order valence-corrected chi connectivity index (χ0v) is 21.1. The van der Waals surface area contributed by atoms with Crippen LogP contribution in [0.2, 0.25) is 0 Å². The van der Waals surface area contributed by atoms with Crippen molar-refractivity contribution < 1.29 is 24.2 Å². The van der Waals surface area contributed by atoms with Gasteiger partial charge in [-0.05, 0) is 79.1 Å². The number of carbonyl (C=O) groups excluding carboxylic acids is 1. The maximum absolute atomic E-state index is 13.3. The Bertz CT molecular complexity index is 1720. The molecule has 3 heterocycles. The van der Waals surface area contributed by atoms with Crippen molar-refractivity contribution >= 4 is 33.8 Å². The largest absolute Gasteiger partial charge is 0.508 e. The first-order chi connectivity index (χ1) is 18.9. The number of aromatic hydroxyl groups is 1. The Kier molecular flexibility index (Phi) is 5.47. The molecular formula is C30H28N4O5. The molecule has 0 aliphatic heterocycles. The van der Waals surface area contributed by atoms with E-state index < -0.39 is 17.9 Å². The fourth-order valence-electron chi connectivity index (χ4n) is 6.70. The van der Waals surface area contributed by atoms with Gasteiger partial charge in [-0.1, -0.05) is 6.42 Å². The molecule has 4 atom stereocenters. The van der Waals surface area contributed by atoms with Crippen molar-refractivity contribution in [2.45, 2.75) is 44.2 Å². The molecule has 0 radical (unpaired) electrons. The molecule has 2 aromatic carbocycles. The number of hydrogen-bond donors (Lipinski definition) is 4. The molecule has 198 valence electrons. The minimum absolute atomic E-state index is 0.0657. The highest BCUT2D eigenvalue weighted by Gasteiger charge is 2.42. The zero-order valence-electron chi connectivity index (χ0n) is 21.1. The fourth-order valence-corrected chi connectivity index (χ4v) is 6.70. The summed E-state index contributed by atoms with van der Waals surface area (Å²) in [6.45, 7) is 0. The zero-order chi connectivity index (χ0) is 26.7. The number of benzene rings is 2. The van der Waals surface area contributed by atoms with Crippen LogP contribution in [-0.2, 0) is 11.2 Å². The molecule has 0 saturated heterocycles. The third kappa shape index (κ3) is 4.05. The molecular weight excluding hydrogens is 496 g/mol. The molecule has 2 saturated carbocycles. The van der Waals surface area contributed by atoms with Crippen LogP contribution in [0, 0.1) is 11.8 Å². The quantitative estimate of drug-likeness (QED) is 0.229. The third-order valence-electron chi connectivity index (χ3n) is 8.54. The summed E-state index contributed by atoms with van der Waals surface area (Å²) < 4.78 is 7.68. The normalized spacial score (nSPS) is 21.1. The van der Waals surface area contributed by atoms with E-state index in [9.17, 15) is 19.8 Å². The molecule has 9 heteroatoms. The lowest BCUT2D eigenvalue weighted by Gasteiger charge is -2.25. The van der Waals surface area contributed by atoms with E-state index in [1.165, 1.54) is 19.3 Å². The van der Waals surface area contributed by atoms with Crippen LogP contribution in [0.25, 0.3) is 33.3 Å². The van der Waals surface area contributed by atoms with Gasteiger partial charge in [-0.25, -0.2) is 9.78 Å². The number of aromatic amines is 1. The van der Waals surface area contributed by atoms with Gasteiger partial charge >= 0.3 is 5.97 Å². The molecule has 2 aliphatic rings. The standard InChI is InChI=1S/C30H28N4O5/c35-21-4-5-23-22(13-21)20(14-31-23)12-25(30(37)38)33-29(36)18-3-6-26-24(11-18)32-28(19-7-8-39-15-19)34(26)27-10-16-1-2-17(27)9-16/h3-8,11,13-17,25,27,31,35H,1-2,9-10,12H2,(H,33,36)(H,37,38)/t16?,17?,25-,27+/m0/s1. The third-order valence-corrected chi connectivity index (χ3v) is 8.54. The first-order valence-electron chi connectivity index (χ1n) is 13.3. The Labute approximate surface area is 223 Å². The van der Waals surface area contributed by atoms with Crippen molar-refractivity contribution in [3.63, 3.8) is 0 Å². The second-order valence-electron chi connectivity index (χ2n) is 10.9. The summed E-state index contributed by atoms with van der Waals surface area (Å²) in [5.74, 6) is 0.692. The predicted octanol–water partition coefficient (Wildman–Crippen LogP) is 5.27. The number of imidazole rings is 1. The minimum Gasteiger partial charge on any atom is -0.508 e. The van der Waals surface area contributed by atoms with Gasteiger partial charge in [0.2, 0.25) is 0 Å². The summed E-state index contributed by atoms with van der Waals surface area (Å²) >= 11 is 0. The number of phenols is 1. The van der Waals surface area contributed by atoms with Crippen LogP contribution in [0.3, 0.4) is 0 Å². The van der Waals surface area contributed by atoms with E-state index in [0.717, 1.165) is 40.1 Å². The highest BCUT2D eigenvalue weighted by Crippen LogP contribution is 2.52. The highest BCUT2D eigenvalue weighted by atomic mass is 16.4. The van der Waals surface area contributed by atoms with Gasteiger partial charge in [0, 0.05) is 35.1 Å². The Morgan fingerprint density at radius 1 is 1.15 bits per heavy atom. The summed E-state index contributed by atoms with van der Waals surface area (Å²) in [7, 11) is 0. The number of carboxylic acids is 1. The smallest absolute Gasteiger partial charge is 0.326 e. The van der Waals surface area contributed by atoms with Crippen molar-refractivity contribution in [2.75, 3.05) is 0 Å². The summed E-state index contributed by atoms with van der Waals surface area (Å²) in [5, 5.41) is 23.1. The maximum atomic E-state index is 13.3. The summed E-state index contributed by atoms with van der Waals surface area (Å²) in [6, 6.07) is 11.4. The molecule has 2 aliphatic carbocycles. The van der Waals surface area contributed by atoms with E-state index in [0.29, 0.717) is 28.6 Å². The number of H-pyrrole nitrogens is 1. The van der Waals surface area contributed by atoms with Gasteiger partial charge in [-0.3, -0.25) is 4.79 Å².